The van der Waals surface area contributed by atoms with Crippen LogP contribution in [-0.2, 0) is 13.6 Å². The maximum Gasteiger partial charge on any atom is 0.253 e. The molecule has 37 heavy (non-hydrogen) atoms. The standard InChI is InChI=1S/C30H36N6O/c1-31-24-10-11-28(32-19-24)26-14-15-34(4)29-27(26)18-25(35(29)5)20-36-16-12-22(13-17-36)21-6-8-23(9-7-21)30(37)33(2)3/h6-12,14,18-19,31H,13,15-17,20H2,1-5H3. The number of carbonyl (C=O) groups excluding carboxylic acids is 1. The highest BCUT2D eigenvalue weighted by atomic mass is 16.2. The van der Waals surface area contributed by atoms with Crippen LogP contribution in [0.3, 0.4) is 0 Å². The Kier molecular flexibility index (Phi) is 6.89. The molecule has 2 aromatic heterocycles. The molecule has 2 aliphatic rings. The van der Waals surface area contributed by atoms with Crippen molar-refractivity contribution in [2.45, 2.75) is 13.0 Å². The second-order valence-electron chi connectivity index (χ2n) is 10.1. The van der Waals surface area contributed by atoms with Crippen molar-refractivity contribution in [3.63, 3.8) is 0 Å². The van der Waals surface area contributed by atoms with E-state index in [9.17, 15) is 4.79 Å². The van der Waals surface area contributed by atoms with Crippen LogP contribution >= 0.6 is 0 Å². The smallest absolute Gasteiger partial charge is 0.253 e. The van der Waals surface area contributed by atoms with Crippen LogP contribution in [0.15, 0.2) is 60.8 Å². The van der Waals surface area contributed by atoms with Gasteiger partial charge in [-0.3, -0.25) is 14.7 Å². The van der Waals surface area contributed by atoms with Crippen LogP contribution in [0.4, 0.5) is 11.5 Å². The predicted octanol–water partition coefficient (Wildman–Crippen LogP) is 4.33. The third-order valence-corrected chi connectivity index (χ3v) is 7.44. The number of pyridine rings is 1. The number of benzene rings is 1. The van der Waals surface area contributed by atoms with Crippen LogP contribution in [0, 0.1) is 0 Å². The molecule has 7 heteroatoms. The van der Waals surface area contributed by atoms with Gasteiger partial charge in [0.05, 0.1) is 17.6 Å². The third kappa shape index (κ3) is 4.91. The maximum atomic E-state index is 12.2. The van der Waals surface area contributed by atoms with Gasteiger partial charge in [-0.2, -0.15) is 0 Å². The third-order valence-electron chi connectivity index (χ3n) is 7.44. The first-order valence-corrected chi connectivity index (χ1v) is 12.8. The van der Waals surface area contributed by atoms with E-state index in [4.69, 9.17) is 4.98 Å². The molecule has 0 saturated heterocycles. The van der Waals surface area contributed by atoms with Gasteiger partial charge in [-0.1, -0.05) is 24.3 Å². The maximum absolute atomic E-state index is 12.2. The molecule has 5 rings (SSSR count). The van der Waals surface area contributed by atoms with E-state index in [-0.39, 0.29) is 5.91 Å². The lowest BCUT2D eigenvalue weighted by Gasteiger charge is -2.28. The average Bonchev–Trinajstić information content (AvgIpc) is 3.25. The molecule has 7 nitrogen and oxygen atoms in total. The lowest BCUT2D eigenvalue weighted by molar-refractivity contribution is 0.0827. The van der Waals surface area contributed by atoms with Gasteiger partial charge in [0, 0.05) is 83.8 Å². The Balaban J connectivity index is 1.31. The van der Waals surface area contributed by atoms with Gasteiger partial charge in [-0.25, -0.2) is 0 Å². The number of hydrogen-bond donors (Lipinski definition) is 1. The highest BCUT2D eigenvalue weighted by Gasteiger charge is 2.25. The number of nitrogens with one attached hydrogen (secondary N) is 1. The molecular formula is C30H36N6O. The molecule has 4 heterocycles. The molecule has 0 atom stereocenters. The van der Waals surface area contributed by atoms with E-state index in [1.807, 2.05) is 25.4 Å². The Labute approximate surface area is 219 Å². The predicted molar refractivity (Wildman–Crippen MR) is 152 cm³/mol. The number of anilines is 2. The molecule has 0 fully saturated rings. The van der Waals surface area contributed by atoms with Gasteiger partial charge < -0.3 is 19.7 Å². The summed E-state index contributed by atoms with van der Waals surface area (Å²) in [5.74, 6) is 1.28. The van der Waals surface area contributed by atoms with Crippen LogP contribution in [0.1, 0.15) is 39.3 Å². The molecular weight excluding hydrogens is 460 g/mol. The number of hydrogen-bond acceptors (Lipinski definition) is 5. The van der Waals surface area contributed by atoms with Crippen molar-refractivity contribution < 1.29 is 4.79 Å². The van der Waals surface area contributed by atoms with E-state index in [0.29, 0.717) is 0 Å². The molecule has 2 aliphatic heterocycles. The van der Waals surface area contributed by atoms with E-state index in [0.717, 1.165) is 49.5 Å². The fourth-order valence-corrected chi connectivity index (χ4v) is 5.26. The number of nitrogens with zero attached hydrogens (tertiary/aromatic N) is 5. The molecule has 1 N–H and O–H groups in total. The zero-order chi connectivity index (χ0) is 26.1. The number of carbonyl (C=O) groups is 1. The van der Waals surface area contributed by atoms with Gasteiger partial charge in [0.15, 0.2) is 0 Å². The summed E-state index contributed by atoms with van der Waals surface area (Å²) in [5, 5.41) is 3.15. The highest BCUT2D eigenvalue weighted by molar-refractivity contribution is 5.94. The first kappa shape index (κ1) is 24.8. The van der Waals surface area contributed by atoms with Crippen LogP contribution < -0.4 is 10.2 Å². The van der Waals surface area contributed by atoms with Gasteiger partial charge in [0.1, 0.15) is 5.82 Å². The summed E-state index contributed by atoms with van der Waals surface area (Å²) in [7, 11) is 9.81. The van der Waals surface area contributed by atoms with Crippen molar-refractivity contribution >= 4 is 28.6 Å². The van der Waals surface area contributed by atoms with Crippen LogP contribution in [0.5, 0.6) is 0 Å². The average molecular weight is 497 g/mol. The monoisotopic (exact) mass is 496 g/mol. The van der Waals surface area contributed by atoms with Crippen LogP contribution in [0.2, 0.25) is 0 Å². The molecule has 0 spiro atoms. The minimum absolute atomic E-state index is 0.0371. The molecule has 0 unspecified atom stereocenters. The Morgan fingerprint density at radius 1 is 1.05 bits per heavy atom. The molecule has 0 aliphatic carbocycles. The van der Waals surface area contributed by atoms with Crippen molar-refractivity contribution in [1.82, 2.24) is 19.4 Å². The molecule has 0 saturated carbocycles. The molecule has 1 aromatic carbocycles. The van der Waals surface area contributed by atoms with Gasteiger partial charge in [0.2, 0.25) is 0 Å². The minimum atomic E-state index is 0.0371. The van der Waals surface area contributed by atoms with Crippen molar-refractivity contribution in [3.05, 3.63) is 88.9 Å². The summed E-state index contributed by atoms with van der Waals surface area (Å²) < 4.78 is 2.34. The molecule has 192 valence electrons. The van der Waals surface area contributed by atoms with E-state index in [1.165, 1.54) is 33.8 Å². The lowest BCUT2D eigenvalue weighted by atomic mass is 9.98. The molecule has 3 aromatic rings. The Hall–Kier alpha value is -3.84. The van der Waals surface area contributed by atoms with Gasteiger partial charge in [0.25, 0.3) is 5.91 Å². The molecule has 1 amide bonds. The van der Waals surface area contributed by atoms with Gasteiger partial charge in [-0.15, -0.1) is 0 Å². The summed E-state index contributed by atoms with van der Waals surface area (Å²) in [6.45, 7) is 3.68. The second kappa shape index (κ2) is 10.3. The van der Waals surface area contributed by atoms with E-state index in [2.05, 4.69) is 76.3 Å². The first-order valence-electron chi connectivity index (χ1n) is 12.8. The van der Waals surface area contributed by atoms with Crippen molar-refractivity contribution in [3.8, 4) is 0 Å². The zero-order valence-electron chi connectivity index (χ0n) is 22.5. The topological polar surface area (TPSA) is 56.6 Å². The van der Waals surface area contributed by atoms with Gasteiger partial charge >= 0.3 is 0 Å². The molecule has 0 bridgehead atoms. The quantitative estimate of drug-likeness (QED) is 0.550. The Morgan fingerprint density at radius 2 is 1.84 bits per heavy atom. The fraction of sp³-hybridized carbons (Fsp3) is 0.333. The molecule has 0 radical (unpaired) electrons. The van der Waals surface area contributed by atoms with E-state index < -0.39 is 0 Å². The number of likely N-dealkylation sites (N-methyl/N-ethyl adjacent to an activating group) is 1. The van der Waals surface area contributed by atoms with Crippen LogP contribution in [0.25, 0.3) is 11.1 Å². The van der Waals surface area contributed by atoms with Crippen LogP contribution in [-0.4, -0.2) is 73.1 Å². The van der Waals surface area contributed by atoms with Crippen molar-refractivity contribution in [2.75, 3.05) is 58.0 Å². The largest absolute Gasteiger partial charge is 0.387 e. The summed E-state index contributed by atoms with van der Waals surface area (Å²) >= 11 is 0. The van der Waals surface area contributed by atoms with E-state index >= 15 is 0 Å². The first-order chi connectivity index (χ1) is 17.9. The number of rotatable bonds is 6. The number of aromatic nitrogens is 2. The van der Waals surface area contributed by atoms with Crippen molar-refractivity contribution in [1.29, 1.82) is 0 Å². The number of amides is 1. The highest BCUT2D eigenvalue weighted by Crippen LogP contribution is 2.37. The summed E-state index contributed by atoms with van der Waals surface area (Å²) in [4.78, 5) is 23.3. The van der Waals surface area contributed by atoms with Gasteiger partial charge in [-0.05, 0) is 47.9 Å². The fourth-order valence-electron chi connectivity index (χ4n) is 5.26. The number of fused-ring (bicyclic) bond motifs is 1. The normalized spacial score (nSPS) is 15.6. The van der Waals surface area contributed by atoms with E-state index in [1.54, 1.807) is 19.0 Å². The lowest BCUT2D eigenvalue weighted by Crippen LogP contribution is -2.29. The second-order valence-corrected chi connectivity index (χ2v) is 10.1. The minimum Gasteiger partial charge on any atom is -0.387 e. The summed E-state index contributed by atoms with van der Waals surface area (Å²) in [6, 6.07) is 14.5. The Bertz CT molecular complexity index is 1350. The Morgan fingerprint density at radius 3 is 2.46 bits per heavy atom. The summed E-state index contributed by atoms with van der Waals surface area (Å²) in [6.07, 6.45) is 7.50. The SMILES string of the molecule is CNc1ccc(C2=CCN(C)c3c2cc(CN2CC=C(c4ccc(C(=O)N(C)C)cc4)CC2)n3C)nc1. The van der Waals surface area contributed by atoms with Crippen molar-refractivity contribution in [2.24, 2.45) is 7.05 Å². The summed E-state index contributed by atoms with van der Waals surface area (Å²) in [5.41, 5.74) is 9.07. The zero-order valence-corrected chi connectivity index (χ0v) is 22.5.